The average molecular weight is 519 g/mol. The van der Waals surface area contributed by atoms with Gasteiger partial charge in [0.25, 0.3) is 0 Å². The molecule has 0 unspecified atom stereocenters. The Bertz CT molecular complexity index is 1580. The molecule has 2 heteroatoms. The molecule has 2 nitrogen and oxygen atoms in total. The van der Waals surface area contributed by atoms with E-state index in [4.69, 9.17) is 0 Å². The summed E-state index contributed by atoms with van der Waals surface area (Å²) in [6.07, 6.45) is 0. The van der Waals surface area contributed by atoms with Crippen LogP contribution in [0.3, 0.4) is 0 Å². The molecule has 40 heavy (non-hydrogen) atoms. The molecule has 0 fully saturated rings. The lowest BCUT2D eigenvalue weighted by molar-refractivity contribution is 1.27. The Hall–Kier alpha value is -5.08. The molecule has 6 aromatic carbocycles. The first-order valence-electron chi connectivity index (χ1n) is 13.6. The fourth-order valence-electron chi connectivity index (χ4n) is 4.61. The van der Waals surface area contributed by atoms with Gasteiger partial charge in [-0.2, -0.15) is 0 Å². The fraction of sp³-hybridized carbons (Fsp3) is 0.0526. The molecule has 6 rings (SSSR count). The van der Waals surface area contributed by atoms with Gasteiger partial charge in [0.05, 0.1) is 0 Å². The number of anilines is 5. The van der Waals surface area contributed by atoms with Crippen LogP contribution in [0.15, 0.2) is 164 Å². The maximum atomic E-state index is 3.48. The quantitative estimate of drug-likeness (QED) is 0.236. The van der Waals surface area contributed by atoms with E-state index in [-0.39, 0.29) is 0 Å². The van der Waals surface area contributed by atoms with Crippen LogP contribution >= 0.6 is 0 Å². The highest BCUT2D eigenvalue weighted by molar-refractivity contribution is 5.78. The summed E-state index contributed by atoms with van der Waals surface area (Å²) < 4.78 is 0. The maximum absolute atomic E-state index is 3.48. The molecule has 0 amide bonds. The lowest BCUT2D eigenvalue weighted by Crippen LogP contribution is -2.09. The van der Waals surface area contributed by atoms with Gasteiger partial charge in [-0.15, -0.1) is 0 Å². The Kier molecular flexibility index (Phi) is 8.70. The standard InChI is InChI=1S/C32H28N2.C6H6/c1-24-8-6-10-29(22-24)33-28-18-14-26(15-19-28)27-16-20-31(21-17-27)34(30-11-4-3-5-12-30)32-13-7-9-25(2)23-32;1-2-4-6-5-3-1/h3-23,33H,1-2H3;1-6H. The van der Waals surface area contributed by atoms with Gasteiger partial charge >= 0.3 is 0 Å². The molecule has 0 atom stereocenters. The van der Waals surface area contributed by atoms with Gasteiger partial charge in [-0.1, -0.05) is 103 Å². The monoisotopic (exact) mass is 518 g/mol. The molecule has 6 aromatic rings. The molecule has 1 N–H and O–H groups in total. The van der Waals surface area contributed by atoms with Crippen LogP contribution in [0.4, 0.5) is 28.4 Å². The molecule has 0 bridgehead atoms. The van der Waals surface area contributed by atoms with Crippen LogP contribution in [0.5, 0.6) is 0 Å². The minimum Gasteiger partial charge on any atom is -0.356 e. The van der Waals surface area contributed by atoms with Crippen molar-refractivity contribution < 1.29 is 0 Å². The van der Waals surface area contributed by atoms with E-state index in [9.17, 15) is 0 Å². The highest BCUT2D eigenvalue weighted by Crippen LogP contribution is 2.36. The molecule has 0 aliphatic carbocycles. The zero-order valence-electron chi connectivity index (χ0n) is 23.0. The summed E-state index contributed by atoms with van der Waals surface area (Å²) in [4.78, 5) is 2.30. The minimum atomic E-state index is 1.08. The third-order valence-electron chi connectivity index (χ3n) is 6.59. The van der Waals surface area contributed by atoms with Crippen molar-refractivity contribution in [3.63, 3.8) is 0 Å². The number of nitrogens with one attached hydrogen (secondary N) is 1. The Morgan fingerprint density at radius 3 is 1.43 bits per heavy atom. The molecule has 0 saturated heterocycles. The van der Waals surface area contributed by atoms with E-state index in [1.807, 2.05) is 36.4 Å². The number of nitrogens with zero attached hydrogens (tertiary/aromatic N) is 1. The molecule has 0 radical (unpaired) electrons. The molecule has 196 valence electrons. The average Bonchev–Trinajstić information content (AvgIpc) is 3.00. The lowest BCUT2D eigenvalue weighted by atomic mass is 10.0. The van der Waals surface area contributed by atoms with E-state index in [1.165, 1.54) is 22.3 Å². The van der Waals surface area contributed by atoms with Crippen molar-refractivity contribution in [3.8, 4) is 11.1 Å². The van der Waals surface area contributed by atoms with Crippen molar-refractivity contribution in [1.29, 1.82) is 0 Å². The molecule has 0 aliphatic heterocycles. The number of aryl methyl sites for hydroxylation is 2. The van der Waals surface area contributed by atoms with E-state index < -0.39 is 0 Å². The topological polar surface area (TPSA) is 15.3 Å². The summed E-state index contributed by atoms with van der Waals surface area (Å²) in [6, 6.07) is 57.0. The smallest absolute Gasteiger partial charge is 0.0464 e. The zero-order valence-corrected chi connectivity index (χ0v) is 23.0. The van der Waals surface area contributed by atoms with Crippen molar-refractivity contribution in [3.05, 3.63) is 175 Å². The first-order chi connectivity index (χ1) is 19.7. The second-order valence-corrected chi connectivity index (χ2v) is 9.78. The van der Waals surface area contributed by atoms with Gasteiger partial charge in [-0.05, 0) is 96.8 Å². The van der Waals surface area contributed by atoms with Gasteiger partial charge in [0.1, 0.15) is 0 Å². The Morgan fingerprint density at radius 1 is 0.375 bits per heavy atom. The van der Waals surface area contributed by atoms with Crippen LogP contribution in [0.2, 0.25) is 0 Å². The summed E-state index contributed by atoms with van der Waals surface area (Å²) in [5.74, 6) is 0. The molecular weight excluding hydrogens is 484 g/mol. The predicted octanol–water partition coefficient (Wildman–Crippen LogP) is 10.9. The third-order valence-corrected chi connectivity index (χ3v) is 6.59. The van der Waals surface area contributed by atoms with Crippen LogP contribution in [-0.2, 0) is 0 Å². The zero-order chi connectivity index (χ0) is 27.6. The Balaban J connectivity index is 0.000000477. The Labute approximate surface area is 238 Å². The van der Waals surface area contributed by atoms with Crippen molar-refractivity contribution in [2.45, 2.75) is 13.8 Å². The number of para-hydroxylation sites is 1. The van der Waals surface area contributed by atoms with Crippen LogP contribution in [0.25, 0.3) is 11.1 Å². The highest BCUT2D eigenvalue weighted by Gasteiger charge is 2.12. The second kappa shape index (κ2) is 13.1. The maximum Gasteiger partial charge on any atom is 0.0464 e. The van der Waals surface area contributed by atoms with Crippen LogP contribution in [0.1, 0.15) is 11.1 Å². The van der Waals surface area contributed by atoms with E-state index in [0.29, 0.717) is 0 Å². The number of benzene rings is 6. The van der Waals surface area contributed by atoms with Crippen molar-refractivity contribution >= 4 is 28.4 Å². The van der Waals surface area contributed by atoms with Gasteiger partial charge in [0.15, 0.2) is 0 Å². The normalized spacial score (nSPS) is 10.2. The Morgan fingerprint density at radius 2 is 0.850 bits per heavy atom. The molecular formula is C38H34N2. The van der Waals surface area contributed by atoms with Gasteiger partial charge in [-0.3, -0.25) is 0 Å². The third kappa shape index (κ3) is 7.06. The molecule has 0 heterocycles. The number of rotatable bonds is 6. The number of hydrogen-bond acceptors (Lipinski definition) is 2. The lowest BCUT2D eigenvalue weighted by Gasteiger charge is -2.26. The van der Waals surface area contributed by atoms with Crippen LogP contribution in [0, 0.1) is 13.8 Å². The van der Waals surface area contributed by atoms with Crippen molar-refractivity contribution in [1.82, 2.24) is 0 Å². The molecule has 0 aliphatic rings. The predicted molar refractivity (Wildman–Crippen MR) is 172 cm³/mol. The van der Waals surface area contributed by atoms with Gasteiger partial charge in [-0.25, -0.2) is 0 Å². The summed E-state index contributed by atoms with van der Waals surface area (Å²) in [5, 5.41) is 3.48. The second-order valence-electron chi connectivity index (χ2n) is 9.78. The van der Waals surface area contributed by atoms with E-state index in [1.54, 1.807) is 0 Å². The summed E-state index contributed by atoms with van der Waals surface area (Å²) in [6.45, 7) is 4.24. The summed E-state index contributed by atoms with van der Waals surface area (Å²) >= 11 is 0. The summed E-state index contributed by atoms with van der Waals surface area (Å²) in [5.41, 5.74) is 10.5. The van der Waals surface area contributed by atoms with E-state index in [2.05, 4.69) is 151 Å². The molecule has 0 spiro atoms. The largest absolute Gasteiger partial charge is 0.356 e. The first kappa shape index (κ1) is 26.5. The van der Waals surface area contributed by atoms with Crippen molar-refractivity contribution in [2.75, 3.05) is 10.2 Å². The van der Waals surface area contributed by atoms with Gasteiger partial charge in [0.2, 0.25) is 0 Å². The minimum absolute atomic E-state index is 1.08. The van der Waals surface area contributed by atoms with Crippen LogP contribution in [-0.4, -0.2) is 0 Å². The SMILES string of the molecule is Cc1cccc(Nc2ccc(-c3ccc(N(c4ccccc4)c4cccc(C)c4)cc3)cc2)c1.c1ccccc1. The first-order valence-corrected chi connectivity index (χ1v) is 13.6. The van der Waals surface area contributed by atoms with Crippen LogP contribution < -0.4 is 10.2 Å². The molecule has 0 saturated carbocycles. The fourth-order valence-corrected chi connectivity index (χ4v) is 4.61. The summed E-state index contributed by atoms with van der Waals surface area (Å²) in [7, 11) is 0. The highest BCUT2D eigenvalue weighted by atomic mass is 15.1. The van der Waals surface area contributed by atoms with Gasteiger partial charge < -0.3 is 10.2 Å². The van der Waals surface area contributed by atoms with E-state index >= 15 is 0 Å². The molecule has 0 aromatic heterocycles. The number of hydrogen-bond donors (Lipinski definition) is 1. The van der Waals surface area contributed by atoms with Crippen molar-refractivity contribution in [2.24, 2.45) is 0 Å². The van der Waals surface area contributed by atoms with E-state index in [0.717, 1.165) is 28.4 Å². The van der Waals surface area contributed by atoms with Gasteiger partial charge in [0, 0.05) is 28.4 Å².